The molecule has 0 spiro atoms. The van der Waals surface area contributed by atoms with Crippen molar-refractivity contribution in [2.75, 3.05) is 20.8 Å². The van der Waals surface area contributed by atoms with Gasteiger partial charge in [-0.2, -0.15) is 5.10 Å². The number of hydrogen-bond donors (Lipinski definition) is 1. The van der Waals surface area contributed by atoms with Crippen molar-refractivity contribution >= 4 is 21.8 Å². The molecule has 6 nitrogen and oxygen atoms in total. The Bertz CT molecular complexity index is 713. The fraction of sp³-hybridized carbons (Fsp3) is 0.375. The molecule has 0 saturated carbocycles. The van der Waals surface area contributed by atoms with Crippen LogP contribution in [0.25, 0.3) is 0 Å². The van der Waals surface area contributed by atoms with Crippen LogP contribution in [0.15, 0.2) is 22.7 Å². The van der Waals surface area contributed by atoms with Gasteiger partial charge < -0.3 is 14.8 Å². The minimum atomic E-state index is -0.152. The third-order valence-electron chi connectivity index (χ3n) is 3.51. The molecule has 0 atom stereocenters. The summed E-state index contributed by atoms with van der Waals surface area (Å²) in [6.07, 6.45) is 0.695. The normalized spacial score (nSPS) is 10.5. The first-order chi connectivity index (χ1) is 11.0. The smallest absolute Gasteiger partial charge is 0.270 e. The van der Waals surface area contributed by atoms with Gasteiger partial charge in [-0.1, -0.05) is 6.07 Å². The van der Waals surface area contributed by atoms with Crippen molar-refractivity contribution in [3.8, 4) is 11.5 Å². The second-order valence-corrected chi connectivity index (χ2v) is 5.86. The van der Waals surface area contributed by atoms with Crippen LogP contribution in [0, 0.1) is 6.92 Å². The molecule has 0 radical (unpaired) electrons. The number of amides is 1. The van der Waals surface area contributed by atoms with E-state index in [2.05, 4.69) is 26.3 Å². The number of carbonyl (C=O) groups excluding carboxylic acids is 1. The molecule has 1 N–H and O–H groups in total. The van der Waals surface area contributed by atoms with E-state index in [1.807, 2.05) is 25.1 Å². The van der Waals surface area contributed by atoms with Gasteiger partial charge in [0.25, 0.3) is 5.91 Å². The monoisotopic (exact) mass is 381 g/mol. The SMILES string of the molecule is COc1ccc(CCNC(=O)c2c(Br)c(C)nn2C)cc1OC. The van der Waals surface area contributed by atoms with E-state index in [-0.39, 0.29) is 5.91 Å². The molecule has 0 fully saturated rings. The quantitative estimate of drug-likeness (QED) is 0.834. The van der Waals surface area contributed by atoms with E-state index in [0.29, 0.717) is 30.2 Å². The topological polar surface area (TPSA) is 65.4 Å². The number of aryl methyl sites for hydroxylation is 2. The van der Waals surface area contributed by atoms with E-state index < -0.39 is 0 Å². The molecule has 0 unspecified atom stereocenters. The highest BCUT2D eigenvalue weighted by Crippen LogP contribution is 2.27. The maximum absolute atomic E-state index is 12.3. The zero-order valence-electron chi connectivity index (χ0n) is 13.6. The summed E-state index contributed by atoms with van der Waals surface area (Å²) in [5.74, 6) is 1.22. The van der Waals surface area contributed by atoms with Crippen molar-refractivity contribution in [2.45, 2.75) is 13.3 Å². The Labute approximate surface area is 143 Å². The maximum Gasteiger partial charge on any atom is 0.270 e. The first-order valence-corrected chi connectivity index (χ1v) is 7.95. The molecule has 1 aromatic carbocycles. The van der Waals surface area contributed by atoms with Crippen LogP contribution in [-0.2, 0) is 13.5 Å². The van der Waals surface area contributed by atoms with Crippen molar-refractivity contribution in [1.82, 2.24) is 15.1 Å². The second kappa shape index (κ2) is 7.50. The number of halogens is 1. The molecule has 2 aromatic rings. The Morgan fingerprint density at radius 3 is 2.57 bits per heavy atom. The van der Waals surface area contributed by atoms with Gasteiger partial charge in [-0.3, -0.25) is 9.48 Å². The molecular weight excluding hydrogens is 362 g/mol. The van der Waals surface area contributed by atoms with Gasteiger partial charge in [0, 0.05) is 13.6 Å². The minimum Gasteiger partial charge on any atom is -0.493 e. The summed E-state index contributed by atoms with van der Waals surface area (Å²) in [5, 5.41) is 7.12. The summed E-state index contributed by atoms with van der Waals surface area (Å²) < 4.78 is 12.8. The summed E-state index contributed by atoms with van der Waals surface area (Å²) >= 11 is 3.40. The summed E-state index contributed by atoms with van der Waals surface area (Å²) in [5.41, 5.74) is 2.37. The van der Waals surface area contributed by atoms with Crippen LogP contribution in [0.2, 0.25) is 0 Å². The first kappa shape index (κ1) is 17.3. The van der Waals surface area contributed by atoms with E-state index in [1.165, 1.54) is 0 Å². The maximum atomic E-state index is 12.3. The van der Waals surface area contributed by atoms with Crippen molar-refractivity contribution in [3.63, 3.8) is 0 Å². The second-order valence-electron chi connectivity index (χ2n) is 5.07. The highest BCUT2D eigenvalue weighted by molar-refractivity contribution is 9.10. The van der Waals surface area contributed by atoms with Gasteiger partial charge in [0.05, 0.1) is 24.4 Å². The Balaban J connectivity index is 1.98. The van der Waals surface area contributed by atoms with Gasteiger partial charge in [-0.25, -0.2) is 0 Å². The van der Waals surface area contributed by atoms with Crippen molar-refractivity contribution in [2.24, 2.45) is 7.05 Å². The number of hydrogen-bond acceptors (Lipinski definition) is 4. The molecule has 0 aliphatic carbocycles. The molecule has 0 bridgehead atoms. The number of rotatable bonds is 6. The molecule has 2 rings (SSSR count). The number of nitrogens with zero attached hydrogens (tertiary/aromatic N) is 2. The van der Waals surface area contributed by atoms with Gasteiger partial charge in [-0.05, 0) is 47.0 Å². The summed E-state index contributed by atoms with van der Waals surface area (Å²) in [4.78, 5) is 12.3. The lowest BCUT2D eigenvalue weighted by atomic mass is 10.1. The molecule has 0 saturated heterocycles. The van der Waals surface area contributed by atoms with Gasteiger partial charge in [0.15, 0.2) is 11.5 Å². The van der Waals surface area contributed by atoms with Crippen LogP contribution in [0.4, 0.5) is 0 Å². The van der Waals surface area contributed by atoms with Gasteiger partial charge in [-0.15, -0.1) is 0 Å². The Kier molecular flexibility index (Phi) is 5.65. The molecule has 7 heteroatoms. The Morgan fingerprint density at radius 1 is 1.30 bits per heavy atom. The van der Waals surface area contributed by atoms with Crippen LogP contribution in [0.5, 0.6) is 11.5 Å². The number of aromatic nitrogens is 2. The summed E-state index contributed by atoms with van der Waals surface area (Å²) in [7, 11) is 4.96. The standard InChI is InChI=1S/C16H20BrN3O3/c1-10-14(17)15(20(2)19-10)16(21)18-8-7-11-5-6-12(22-3)13(9-11)23-4/h5-6,9H,7-8H2,1-4H3,(H,18,21). The van der Waals surface area contributed by atoms with Crippen LogP contribution in [0.1, 0.15) is 21.7 Å². The van der Waals surface area contributed by atoms with Gasteiger partial charge in [0.2, 0.25) is 0 Å². The molecule has 124 valence electrons. The van der Waals surface area contributed by atoms with Crippen molar-refractivity contribution < 1.29 is 14.3 Å². The highest BCUT2D eigenvalue weighted by atomic mass is 79.9. The van der Waals surface area contributed by atoms with Gasteiger partial charge >= 0.3 is 0 Å². The molecule has 1 amide bonds. The van der Waals surface area contributed by atoms with Gasteiger partial charge in [0.1, 0.15) is 5.69 Å². The number of methoxy groups -OCH3 is 2. The third kappa shape index (κ3) is 3.85. The average Bonchev–Trinajstić information content (AvgIpc) is 2.79. The summed E-state index contributed by atoms with van der Waals surface area (Å²) in [6.45, 7) is 2.37. The lowest BCUT2D eigenvalue weighted by molar-refractivity contribution is 0.0944. The van der Waals surface area contributed by atoms with E-state index in [9.17, 15) is 4.79 Å². The lowest BCUT2D eigenvalue weighted by Crippen LogP contribution is -2.28. The fourth-order valence-electron chi connectivity index (χ4n) is 2.32. The molecule has 1 heterocycles. The molecule has 23 heavy (non-hydrogen) atoms. The third-order valence-corrected chi connectivity index (χ3v) is 4.46. The predicted molar refractivity (Wildman–Crippen MR) is 91.2 cm³/mol. The molecule has 1 aromatic heterocycles. The van der Waals surface area contributed by atoms with Crippen LogP contribution < -0.4 is 14.8 Å². The van der Waals surface area contributed by atoms with E-state index in [1.54, 1.807) is 25.9 Å². The van der Waals surface area contributed by atoms with Crippen LogP contribution >= 0.6 is 15.9 Å². The number of carbonyl (C=O) groups is 1. The van der Waals surface area contributed by atoms with Crippen LogP contribution in [-0.4, -0.2) is 36.5 Å². The molecule has 0 aliphatic rings. The summed E-state index contributed by atoms with van der Waals surface area (Å²) in [6, 6.07) is 5.73. The molecular formula is C16H20BrN3O3. The first-order valence-electron chi connectivity index (χ1n) is 7.16. The number of ether oxygens (including phenoxy) is 2. The zero-order valence-corrected chi connectivity index (χ0v) is 15.2. The zero-order chi connectivity index (χ0) is 17.0. The van der Waals surface area contributed by atoms with Crippen molar-refractivity contribution in [1.29, 1.82) is 0 Å². The lowest BCUT2D eigenvalue weighted by Gasteiger charge is -2.10. The predicted octanol–water partition coefficient (Wildman–Crippen LogP) is 2.48. The number of nitrogens with one attached hydrogen (secondary N) is 1. The van der Waals surface area contributed by atoms with Crippen molar-refractivity contribution in [3.05, 3.63) is 39.6 Å². The Morgan fingerprint density at radius 2 is 2.00 bits per heavy atom. The fourth-order valence-corrected chi connectivity index (χ4v) is 2.84. The average molecular weight is 382 g/mol. The van der Waals surface area contributed by atoms with E-state index >= 15 is 0 Å². The number of benzene rings is 1. The largest absolute Gasteiger partial charge is 0.493 e. The molecule has 0 aliphatic heterocycles. The van der Waals surface area contributed by atoms with E-state index in [0.717, 1.165) is 15.7 Å². The highest BCUT2D eigenvalue weighted by Gasteiger charge is 2.17. The Hall–Kier alpha value is -2.02. The van der Waals surface area contributed by atoms with Crippen LogP contribution in [0.3, 0.4) is 0 Å². The van der Waals surface area contributed by atoms with E-state index in [4.69, 9.17) is 9.47 Å². The minimum absolute atomic E-state index is 0.152.